The minimum Gasteiger partial charge on any atom is -0.497 e. The summed E-state index contributed by atoms with van der Waals surface area (Å²) in [6.07, 6.45) is 0.0318. The third kappa shape index (κ3) is 5.96. The summed E-state index contributed by atoms with van der Waals surface area (Å²) in [6, 6.07) is 15.0. The van der Waals surface area contributed by atoms with Gasteiger partial charge in [0.05, 0.1) is 19.2 Å². The summed E-state index contributed by atoms with van der Waals surface area (Å²) >= 11 is 1.40. The van der Waals surface area contributed by atoms with Crippen molar-refractivity contribution in [1.82, 2.24) is 9.97 Å². The number of amides is 1. The number of H-pyrrole nitrogens is 1. The highest BCUT2D eigenvalue weighted by Crippen LogP contribution is 2.22. The standard InChI is InChI=1S/C22H23N3O3S/c1-14-7-8-15(2)19(9-14)24-20(26)11-17-12-21(27)25-22(23-17)29-13-16-5-4-6-18(10-16)28-3/h4-10,12H,11,13H2,1-3H3,(H,24,26)(H,23,25,27). The van der Waals surface area contributed by atoms with Gasteiger partial charge in [-0.25, -0.2) is 4.98 Å². The maximum atomic E-state index is 12.4. The second kappa shape index (κ2) is 9.43. The summed E-state index contributed by atoms with van der Waals surface area (Å²) < 4.78 is 5.23. The maximum Gasteiger partial charge on any atom is 0.251 e. The van der Waals surface area contributed by atoms with Crippen molar-refractivity contribution in [2.45, 2.75) is 31.2 Å². The number of anilines is 1. The van der Waals surface area contributed by atoms with Gasteiger partial charge in [0.15, 0.2) is 5.16 Å². The number of nitrogens with one attached hydrogen (secondary N) is 2. The second-order valence-corrected chi connectivity index (χ2v) is 7.69. The van der Waals surface area contributed by atoms with Crippen LogP contribution in [0.15, 0.2) is 58.5 Å². The normalized spacial score (nSPS) is 10.6. The average Bonchev–Trinajstić information content (AvgIpc) is 2.69. The Hall–Kier alpha value is -3.06. The van der Waals surface area contributed by atoms with E-state index in [4.69, 9.17) is 4.74 Å². The van der Waals surface area contributed by atoms with E-state index in [0.29, 0.717) is 16.6 Å². The van der Waals surface area contributed by atoms with Crippen LogP contribution in [0.5, 0.6) is 5.75 Å². The van der Waals surface area contributed by atoms with Gasteiger partial charge in [0.2, 0.25) is 5.91 Å². The van der Waals surface area contributed by atoms with E-state index in [0.717, 1.165) is 28.1 Å². The number of carbonyl (C=O) groups is 1. The second-order valence-electron chi connectivity index (χ2n) is 6.73. The highest BCUT2D eigenvalue weighted by Gasteiger charge is 2.10. The van der Waals surface area contributed by atoms with Crippen LogP contribution in [0.1, 0.15) is 22.4 Å². The first kappa shape index (κ1) is 20.7. The predicted molar refractivity (Wildman–Crippen MR) is 116 cm³/mol. The Balaban J connectivity index is 1.67. The fourth-order valence-electron chi connectivity index (χ4n) is 2.79. The van der Waals surface area contributed by atoms with Crippen molar-refractivity contribution < 1.29 is 9.53 Å². The molecule has 6 nitrogen and oxygen atoms in total. The summed E-state index contributed by atoms with van der Waals surface area (Å²) in [4.78, 5) is 31.6. The van der Waals surface area contributed by atoms with Gasteiger partial charge in [0, 0.05) is 17.5 Å². The van der Waals surface area contributed by atoms with Gasteiger partial charge in [-0.3, -0.25) is 9.59 Å². The molecule has 0 bridgehead atoms. The molecular weight excluding hydrogens is 386 g/mol. The molecule has 3 aromatic rings. The lowest BCUT2D eigenvalue weighted by molar-refractivity contribution is -0.115. The number of aromatic nitrogens is 2. The number of benzene rings is 2. The highest BCUT2D eigenvalue weighted by atomic mass is 32.2. The van der Waals surface area contributed by atoms with Crippen LogP contribution in [-0.2, 0) is 17.0 Å². The molecule has 1 amide bonds. The molecule has 0 saturated heterocycles. The lowest BCUT2D eigenvalue weighted by Gasteiger charge is -2.09. The van der Waals surface area contributed by atoms with Gasteiger partial charge >= 0.3 is 0 Å². The fraction of sp³-hybridized carbons (Fsp3) is 0.227. The molecule has 0 radical (unpaired) electrons. The van der Waals surface area contributed by atoms with Gasteiger partial charge in [0.25, 0.3) is 5.56 Å². The van der Waals surface area contributed by atoms with E-state index in [-0.39, 0.29) is 17.9 Å². The molecule has 0 aliphatic carbocycles. The van der Waals surface area contributed by atoms with Crippen LogP contribution in [0, 0.1) is 13.8 Å². The van der Waals surface area contributed by atoms with Gasteiger partial charge in [-0.2, -0.15) is 0 Å². The molecule has 0 saturated carbocycles. The Labute approximate surface area is 173 Å². The van der Waals surface area contributed by atoms with E-state index in [9.17, 15) is 9.59 Å². The molecule has 0 unspecified atom stereocenters. The molecule has 7 heteroatoms. The Morgan fingerprint density at radius 3 is 2.79 bits per heavy atom. The van der Waals surface area contributed by atoms with Gasteiger partial charge < -0.3 is 15.0 Å². The quantitative estimate of drug-likeness (QED) is 0.457. The zero-order chi connectivity index (χ0) is 20.8. The molecule has 0 fully saturated rings. The molecule has 29 heavy (non-hydrogen) atoms. The minimum atomic E-state index is -0.275. The summed E-state index contributed by atoms with van der Waals surface area (Å²) in [5.41, 5.74) is 4.03. The Kier molecular flexibility index (Phi) is 6.72. The first-order valence-electron chi connectivity index (χ1n) is 9.16. The van der Waals surface area contributed by atoms with Crippen LogP contribution in [0.4, 0.5) is 5.69 Å². The monoisotopic (exact) mass is 409 g/mol. The lowest BCUT2D eigenvalue weighted by atomic mass is 10.1. The SMILES string of the molecule is COc1cccc(CSc2nc(CC(=O)Nc3cc(C)ccc3C)cc(=O)[nH]2)c1. The lowest BCUT2D eigenvalue weighted by Crippen LogP contribution is -2.18. The molecule has 1 aromatic heterocycles. The number of rotatable bonds is 7. The molecule has 3 rings (SSSR count). The van der Waals surface area contributed by atoms with Crippen molar-refractivity contribution in [3.63, 3.8) is 0 Å². The fourth-order valence-corrected chi connectivity index (χ4v) is 3.62. The van der Waals surface area contributed by atoms with Crippen molar-refractivity contribution in [3.8, 4) is 5.75 Å². The van der Waals surface area contributed by atoms with Crippen LogP contribution in [0.3, 0.4) is 0 Å². The van der Waals surface area contributed by atoms with Gasteiger partial charge in [-0.15, -0.1) is 0 Å². The number of ether oxygens (including phenoxy) is 1. The summed E-state index contributed by atoms with van der Waals surface area (Å²) in [5.74, 6) is 1.19. The number of hydrogen-bond acceptors (Lipinski definition) is 5. The average molecular weight is 410 g/mol. The smallest absolute Gasteiger partial charge is 0.251 e. The predicted octanol–water partition coefficient (Wildman–Crippen LogP) is 3.87. The van der Waals surface area contributed by atoms with Crippen LogP contribution in [-0.4, -0.2) is 23.0 Å². The van der Waals surface area contributed by atoms with Crippen molar-refractivity contribution in [2.75, 3.05) is 12.4 Å². The van der Waals surface area contributed by atoms with E-state index in [1.165, 1.54) is 17.8 Å². The number of nitrogens with zero attached hydrogens (tertiary/aromatic N) is 1. The number of aryl methyl sites for hydroxylation is 2. The minimum absolute atomic E-state index is 0.0318. The first-order chi connectivity index (χ1) is 13.9. The van der Waals surface area contributed by atoms with Crippen molar-refractivity contribution in [1.29, 1.82) is 0 Å². The third-order valence-electron chi connectivity index (χ3n) is 4.29. The molecule has 0 aliphatic rings. The molecule has 0 aliphatic heterocycles. The van der Waals surface area contributed by atoms with Gasteiger partial charge in [0.1, 0.15) is 5.75 Å². The number of thioether (sulfide) groups is 1. The maximum absolute atomic E-state index is 12.4. The summed E-state index contributed by atoms with van der Waals surface area (Å²) in [6.45, 7) is 3.91. The van der Waals surface area contributed by atoms with Crippen LogP contribution in [0.25, 0.3) is 0 Å². The summed E-state index contributed by atoms with van der Waals surface area (Å²) in [5, 5.41) is 3.38. The molecule has 1 heterocycles. The Bertz CT molecular complexity index is 1080. The van der Waals surface area contributed by atoms with Crippen LogP contribution in [0.2, 0.25) is 0 Å². The van der Waals surface area contributed by atoms with Crippen LogP contribution >= 0.6 is 11.8 Å². The topological polar surface area (TPSA) is 84.1 Å². The molecule has 150 valence electrons. The largest absolute Gasteiger partial charge is 0.497 e. The third-order valence-corrected chi connectivity index (χ3v) is 5.24. The number of hydrogen-bond donors (Lipinski definition) is 2. The molecular formula is C22H23N3O3S. The Morgan fingerprint density at radius 2 is 2.00 bits per heavy atom. The molecule has 2 N–H and O–H groups in total. The van der Waals surface area contributed by atoms with Crippen molar-refractivity contribution in [3.05, 3.63) is 81.3 Å². The van der Waals surface area contributed by atoms with E-state index in [2.05, 4.69) is 15.3 Å². The zero-order valence-electron chi connectivity index (χ0n) is 16.6. The van der Waals surface area contributed by atoms with Crippen molar-refractivity contribution >= 4 is 23.4 Å². The molecule has 0 spiro atoms. The van der Waals surface area contributed by atoms with E-state index in [1.54, 1.807) is 7.11 Å². The Morgan fingerprint density at radius 1 is 1.17 bits per heavy atom. The molecule has 2 aromatic carbocycles. The van der Waals surface area contributed by atoms with E-state index >= 15 is 0 Å². The van der Waals surface area contributed by atoms with E-state index in [1.807, 2.05) is 56.3 Å². The van der Waals surface area contributed by atoms with Crippen LogP contribution < -0.4 is 15.6 Å². The van der Waals surface area contributed by atoms with Gasteiger partial charge in [-0.1, -0.05) is 36.0 Å². The van der Waals surface area contributed by atoms with E-state index < -0.39 is 0 Å². The first-order valence-corrected chi connectivity index (χ1v) is 10.1. The number of aromatic amines is 1. The highest BCUT2D eigenvalue weighted by molar-refractivity contribution is 7.98. The number of carbonyl (C=O) groups excluding carboxylic acids is 1. The van der Waals surface area contributed by atoms with Crippen molar-refractivity contribution in [2.24, 2.45) is 0 Å². The van der Waals surface area contributed by atoms with Gasteiger partial charge in [-0.05, 0) is 48.7 Å². The molecule has 0 atom stereocenters. The number of methoxy groups -OCH3 is 1. The zero-order valence-corrected chi connectivity index (χ0v) is 17.4. The summed E-state index contributed by atoms with van der Waals surface area (Å²) in [7, 11) is 1.62.